The first-order valence-corrected chi connectivity index (χ1v) is 12.3. The summed E-state index contributed by atoms with van der Waals surface area (Å²) in [6.45, 7) is 1.27. The second-order valence-corrected chi connectivity index (χ2v) is 8.51. The molecule has 36 heavy (non-hydrogen) atoms. The van der Waals surface area contributed by atoms with Gasteiger partial charge in [0.25, 0.3) is 11.8 Å². The van der Waals surface area contributed by atoms with Crippen molar-refractivity contribution in [1.82, 2.24) is 20.6 Å². The molecular formula is C30H30N4O2. The molecule has 2 heterocycles. The lowest BCUT2D eigenvalue weighted by Crippen LogP contribution is -2.25. The molecule has 4 rings (SSSR count). The Kier molecular flexibility index (Phi) is 8.92. The zero-order valence-corrected chi connectivity index (χ0v) is 20.2. The van der Waals surface area contributed by atoms with Gasteiger partial charge in [0.2, 0.25) is 0 Å². The van der Waals surface area contributed by atoms with Gasteiger partial charge in [-0.2, -0.15) is 0 Å². The number of nitrogens with one attached hydrogen (secondary N) is 2. The molecule has 2 amide bonds. The number of aromatic nitrogens is 2. The van der Waals surface area contributed by atoms with E-state index in [1.807, 2.05) is 84.9 Å². The van der Waals surface area contributed by atoms with E-state index in [0.29, 0.717) is 24.2 Å². The van der Waals surface area contributed by atoms with Gasteiger partial charge < -0.3 is 10.6 Å². The number of hydrogen-bond acceptors (Lipinski definition) is 4. The smallest absolute Gasteiger partial charge is 0.251 e. The maximum absolute atomic E-state index is 12.4. The molecule has 0 bridgehead atoms. The molecule has 2 aromatic heterocycles. The first kappa shape index (κ1) is 24.8. The van der Waals surface area contributed by atoms with Crippen molar-refractivity contribution in [3.8, 4) is 22.5 Å². The van der Waals surface area contributed by atoms with Gasteiger partial charge in [-0.05, 0) is 61.4 Å². The molecule has 0 aliphatic heterocycles. The Morgan fingerprint density at radius 1 is 0.528 bits per heavy atom. The van der Waals surface area contributed by atoms with E-state index < -0.39 is 0 Å². The van der Waals surface area contributed by atoms with Gasteiger partial charge in [-0.3, -0.25) is 19.6 Å². The second kappa shape index (κ2) is 13.0. The van der Waals surface area contributed by atoms with E-state index in [9.17, 15) is 9.59 Å². The average molecular weight is 479 g/mol. The highest BCUT2D eigenvalue weighted by molar-refractivity contribution is 5.95. The van der Waals surface area contributed by atoms with E-state index in [-0.39, 0.29) is 11.8 Å². The molecule has 0 fully saturated rings. The maximum Gasteiger partial charge on any atom is 0.251 e. The molecule has 0 saturated heterocycles. The molecule has 2 N–H and O–H groups in total. The first-order chi connectivity index (χ1) is 17.7. The highest BCUT2D eigenvalue weighted by Gasteiger charge is 2.07. The van der Waals surface area contributed by atoms with E-state index in [0.717, 1.165) is 48.2 Å². The third-order valence-electron chi connectivity index (χ3n) is 5.89. The summed E-state index contributed by atoms with van der Waals surface area (Å²) in [5, 5.41) is 5.95. The van der Waals surface area contributed by atoms with Crippen molar-refractivity contribution >= 4 is 11.8 Å². The molecule has 0 atom stereocenters. The summed E-state index contributed by atoms with van der Waals surface area (Å²) < 4.78 is 0. The van der Waals surface area contributed by atoms with Gasteiger partial charge in [0.05, 0.1) is 11.4 Å². The molecule has 182 valence electrons. The fraction of sp³-hybridized carbons (Fsp3) is 0.200. The Morgan fingerprint density at radius 3 is 1.31 bits per heavy atom. The zero-order chi connectivity index (χ0) is 25.0. The van der Waals surface area contributed by atoms with Crippen molar-refractivity contribution in [2.24, 2.45) is 0 Å². The van der Waals surface area contributed by atoms with Crippen LogP contribution in [0, 0.1) is 0 Å². The summed E-state index contributed by atoms with van der Waals surface area (Å²) in [7, 11) is 0. The van der Waals surface area contributed by atoms with Crippen LogP contribution in [-0.2, 0) is 0 Å². The van der Waals surface area contributed by atoms with Gasteiger partial charge in [0.1, 0.15) is 0 Å². The van der Waals surface area contributed by atoms with Gasteiger partial charge in [-0.15, -0.1) is 0 Å². The summed E-state index contributed by atoms with van der Waals surface area (Å²) in [5.41, 5.74) is 5.04. The van der Waals surface area contributed by atoms with Crippen LogP contribution in [0.1, 0.15) is 46.4 Å². The number of hydrogen-bond donors (Lipinski definition) is 2. The van der Waals surface area contributed by atoms with Crippen molar-refractivity contribution in [2.45, 2.75) is 25.7 Å². The first-order valence-electron chi connectivity index (χ1n) is 12.3. The van der Waals surface area contributed by atoms with Crippen molar-refractivity contribution < 1.29 is 9.59 Å². The van der Waals surface area contributed by atoms with Crippen molar-refractivity contribution in [3.63, 3.8) is 0 Å². The summed E-state index contributed by atoms with van der Waals surface area (Å²) in [6, 6.07) is 26.5. The molecule has 6 heteroatoms. The number of benzene rings is 2. The largest absolute Gasteiger partial charge is 0.352 e. The van der Waals surface area contributed by atoms with Crippen LogP contribution in [0.3, 0.4) is 0 Å². The molecule has 6 nitrogen and oxygen atoms in total. The molecule has 0 aliphatic carbocycles. The fourth-order valence-corrected chi connectivity index (χ4v) is 3.86. The highest BCUT2D eigenvalue weighted by atomic mass is 16.2. The predicted octanol–water partition coefficient (Wildman–Crippen LogP) is 5.53. The van der Waals surface area contributed by atoms with Crippen molar-refractivity contribution in [2.75, 3.05) is 13.1 Å². The Bertz CT molecular complexity index is 1140. The molecule has 0 aliphatic rings. The van der Waals surface area contributed by atoms with Gasteiger partial charge >= 0.3 is 0 Å². The Morgan fingerprint density at radius 2 is 0.944 bits per heavy atom. The van der Waals surface area contributed by atoms with E-state index in [2.05, 4.69) is 20.6 Å². The second-order valence-electron chi connectivity index (χ2n) is 8.51. The average Bonchev–Trinajstić information content (AvgIpc) is 2.95. The van der Waals surface area contributed by atoms with Crippen LogP contribution in [0.15, 0.2) is 97.3 Å². The van der Waals surface area contributed by atoms with Crippen LogP contribution in [0.2, 0.25) is 0 Å². The van der Waals surface area contributed by atoms with Gasteiger partial charge in [0.15, 0.2) is 0 Å². The van der Waals surface area contributed by atoms with Gasteiger partial charge in [-0.1, -0.05) is 49.2 Å². The minimum Gasteiger partial charge on any atom is -0.352 e. The van der Waals surface area contributed by atoms with Crippen LogP contribution in [0.25, 0.3) is 22.5 Å². The summed E-state index contributed by atoms with van der Waals surface area (Å²) in [4.78, 5) is 33.4. The van der Waals surface area contributed by atoms with Crippen LogP contribution in [-0.4, -0.2) is 34.9 Å². The van der Waals surface area contributed by atoms with E-state index in [1.54, 1.807) is 12.4 Å². The van der Waals surface area contributed by atoms with E-state index in [4.69, 9.17) is 0 Å². The number of carbonyl (C=O) groups excluding carboxylic acids is 2. The number of rotatable bonds is 11. The Hall–Kier alpha value is -4.32. The quantitative estimate of drug-likeness (QED) is 0.278. The molecule has 0 saturated carbocycles. The van der Waals surface area contributed by atoms with Crippen molar-refractivity contribution in [1.29, 1.82) is 0 Å². The third-order valence-corrected chi connectivity index (χ3v) is 5.89. The van der Waals surface area contributed by atoms with E-state index >= 15 is 0 Å². The third kappa shape index (κ3) is 7.09. The van der Waals surface area contributed by atoms with Crippen molar-refractivity contribution in [3.05, 3.63) is 108 Å². The number of unbranched alkanes of at least 4 members (excludes halogenated alkanes) is 3. The van der Waals surface area contributed by atoms with Crippen LogP contribution < -0.4 is 10.6 Å². The molecule has 0 spiro atoms. The zero-order valence-electron chi connectivity index (χ0n) is 20.2. The van der Waals surface area contributed by atoms with Crippen LogP contribution in [0.4, 0.5) is 0 Å². The monoisotopic (exact) mass is 478 g/mol. The van der Waals surface area contributed by atoms with Gasteiger partial charge in [-0.25, -0.2) is 0 Å². The predicted molar refractivity (Wildman–Crippen MR) is 142 cm³/mol. The number of amides is 2. The number of pyridine rings is 2. The number of carbonyl (C=O) groups is 2. The molecule has 0 unspecified atom stereocenters. The Balaban J connectivity index is 1.08. The lowest BCUT2D eigenvalue weighted by atomic mass is 10.1. The van der Waals surface area contributed by atoms with Gasteiger partial charge in [0, 0.05) is 47.7 Å². The summed E-state index contributed by atoms with van der Waals surface area (Å²) >= 11 is 0. The molecule has 4 aromatic rings. The molecular weight excluding hydrogens is 448 g/mol. The van der Waals surface area contributed by atoms with Crippen LogP contribution in [0.5, 0.6) is 0 Å². The van der Waals surface area contributed by atoms with E-state index in [1.165, 1.54) is 0 Å². The normalized spacial score (nSPS) is 10.6. The fourth-order valence-electron chi connectivity index (χ4n) is 3.86. The lowest BCUT2D eigenvalue weighted by Gasteiger charge is -2.08. The van der Waals surface area contributed by atoms with Crippen LogP contribution >= 0.6 is 0 Å². The Labute approximate surface area is 211 Å². The summed E-state index contributed by atoms with van der Waals surface area (Å²) in [5.74, 6) is -0.132. The lowest BCUT2D eigenvalue weighted by molar-refractivity contribution is 0.0943. The SMILES string of the molecule is O=C(NCCCCCCNC(=O)c1ccc(-c2ccccn2)cc1)c1ccc(-c2ccccn2)cc1. The summed E-state index contributed by atoms with van der Waals surface area (Å²) in [6.07, 6.45) is 7.31. The minimum absolute atomic E-state index is 0.0658. The number of nitrogens with zero attached hydrogens (tertiary/aromatic N) is 2. The minimum atomic E-state index is -0.0658. The molecule has 2 aromatic carbocycles. The highest BCUT2D eigenvalue weighted by Crippen LogP contribution is 2.18. The molecule has 0 radical (unpaired) electrons. The standard InChI is InChI=1S/C30H30N4O2/c35-29(25-15-11-23(12-16-25)27-9-3-7-19-31-27)33-21-5-1-2-6-22-34-30(36)26-17-13-24(14-18-26)28-10-4-8-20-32-28/h3-4,7-20H,1-2,5-6,21-22H2,(H,33,35)(H,34,36). The maximum atomic E-state index is 12.4. The topological polar surface area (TPSA) is 84.0 Å².